The summed E-state index contributed by atoms with van der Waals surface area (Å²) in [7, 11) is 0. The van der Waals surface area contributed by atoms with Crippen LogP contribution in [0.15, 0.2) is 54.1 Å². The molecule has 0 aliphatic rings. The molecule has 0 aliphatic carbocycles. The number of hydrogen-bond donors (Lipinski definition) is 1. The topological polar surface area (TPSA) is 117 Å². The van der Waals surface area contributed by atoms with Crippen molar-refractivity contribution in [1.29, 1.82) is 0 Å². The van der Waals surface area contributed by atoms with E-state index in [0.717, 1.165) is 16.5 Å². The predicted octanol–water partition coefficient (Wildman–Crippen LogP) is 1.69. The first-order valence-electron chi connectivity index (χ1n) is 10.0. The van der Waals surface area contributed by atoms with Crippen molar-refractivity contribution >= 4 is 11.6 Å². The van der Waals surface area contributed by atoms with Gasteiger partial charge in [-0.2, -0.15) is 5.10 Å². The Kier molecular flexibility index (Phi) is 5.77. The van der Waals surface area contributed by atoms with Crippen LogP contribution in [0.4, 0.5) is 8.78 Å². The minimum atomic E-state index is -2.03. The number of hydrogen-bond acceptors (Lipinski definition) is 7. The van der Waals surface area contributed by atoms with Gasteiger partial charge in [-0.1, -0.05) is 6.07 Å². The molecule has 3 aromatic heterocycles. The SMILES string of the molecule is CCOC(=O)c1cn2c(=O)n(C(C)C(O)(Cn3cncn3)c3ccc(F)cc3F)ccc2n1. The highest BCUT2D eigenvalue weighted by atomic mass is 19.1. The van der Waals surface area contributed by atoms with Gasteiger partial charge < -0.3 is 9.84 Å². The quantitative estimate of drug-likeness (QED) is 0.419. The van der Waals surface area contributed by atoms with Gasteiger partial charge in [0, 0.05) is 24.0 Å². The van der Waals surface area contributed by atoms with Crippen molar-refractivity contribution in [3.63, 3.8) is 0 Å². The number of halogens is 2. The fraction of sp³-hybridized carbons (Fsp3) is 0.286. The predicted molar refractivity (Wildman–Crippen MR) is 110 cm³/mol. The van der Waals surface area contributed by atoms with Gasteiger partial charge in [0.1, 0.15) is 35.5 Å². The van der Waals surface area contributed by atoms with E-state index in [1.54, 1.807) is 6.92 Å². The number of esters is 1. The molecule has 2 atom stereocenters. The second-order valence-electron chi connectivity index (χ2n) is 7.40. The Morgan fingerprint density at radius 1 is 1.30 bits per heavy atom. The van der Waals surface area contributed by atoms with E-state index in [1.807, 2.05) is 0 Å². The lowest BCUT2D eigenvalue weighted by Crippen LogP contribution is -2.44. The van der Waals surface area contributed by atoms with E-state index in [1.165, 1.54) is 47.3 Å². The number of aromatic nitrogens is 6. The Hall–Kier alpha value is -3.93. The Morgan fingerprint density at radius 2 is 2.09 bits per heavy atom. The van der Waals surface area contributed by atoms with E-state index in [9.17, 15) is 23.5 Å². The number of ether oxygens (including phenoxy) is 1. The maximum atomic E-state index is 14.8. The van der Waals surface area contributed by atoms with Gasteiger partial charge in [-0.25, -0.2) is 33.0 Å². The molecule has 33 heavy (non-hydrogen) atoms. The minimum absolute atomic E-state index is 0.0539. The Balaban J connectivity index is 1.83. The first kappa shape index (κ1) is 22.3. The van der Waals surface area contributed by atoms with Crippen molar-refractivity contribution in [3.05, 3.63) is 82.7 Å². The molecule has 12 heteroatoms. The van der Waals surface area contributed by atoms with Crippen LogP contribution in [0.5, 0.6) is 0 Å². The van der Waals surface area contributed by atoms with Crippen LogP contribution in [-0.2, 0) is 16.9 Å². The van der Waals surface area contributed by atoms with Crippen LogP contribution in [0.1, 0.15) is 35.9 Å². The Bertz CT molecular complexity index is 1370. The largest absolute Gasteiger partial charge is 0.461 e. The second-order valence-corrected chi connectivity index (χ2v) is 7.40. The van der Waals surface area contributed by atoms with Crippen molar-refractivity contribution in [1.82, 2.24) is 28.7 Å². The average Bonchev–Trinajstić information content (AvgIpc) is 3.43. The molecule has 1 N–H and O–H groups in total. The number of benzene rings is 1. The Labute approximate surface area is 185 Å². The summed E-state index contributed by atoms with van der Waals surface area (Å²) in [5.74, 6) is -2.47. The molecule has 10 nitrogen and oxygen atoms in total. The van der Waals surface area contributed by atoms with Gasteiger partial charge in [-0.05, 0) is 26.0 Å². The number of imidazole rings is 1. The van der Waals surface area contributed by atoms with E-state index in [-0.39, 0.29) is 30.1 Å². The number of aliphatic hydroxyl groups is 1. The summed E-state index contributed by atoms with van der Waals surface area (Å²) in [5.41, 5.74) is -2.76. The number of carbonyl (C=O) groups excluding carboxylic acids is 1. The highest BCUT2D eigenvalue weighted by molar-refractivity contribution is 5.87. The van der Waals surface area contributed by atoms with Gasteiger partial charge in [-0.15, -0.1) is 0 Å². The lowest BCUT2D eigenvalue weighted by molar-refractivity contribution is -0.0346. The maximum Gasteiger partial charge on any atom is 0.358 e. The molecular weight excluding hydrogens is 438 g/mol. The molecule has 3 heterocycles. The summed E-state index contributed by atoms with van der Waals surface area (Å²) in [4.78, 5) is 33.1. The number of carbonyl (C=O) groups is 1. The van der Waals surface area contributed by atoms with Gasteiger partial charge >= 0.3 is 11.7 Å². The van der Waals surface area contributed by atoms with E-state index < -0.39 is 34.9 Å². The number of fused-ring (bicyclic) bond motifs is 1. The molecule has 0 saturated heterocycles. The fourth-order valence-electron chi connectivity index (χ4n) is 3.67. The third-order valence-electron chi connectivity index (χ3n) is 5.40. The van der Waals surface area contributed by atoms with E-state index in [0.29, 0.717) is 6.07 Å². The van der Waals surface area contributed by atoms with Crippen molar-refractivity contribution in [2.45, 2.75) is 32.0 Å². The first-order valence-corrected chi connectivity index (χ1v) is 10.0. The molecule has 0 aliphatic heterocycles. The minimum Gasteiger partial charge on any atom is -0.461 e. The van der Waals surface area contributed by atoms with E-state index in [2.05, 4.69) is 15.1 Å². The molecule has 172 valence electrons. The fourth-order valence-corrected chi connectivity index (χ4v) is 3.67. The normalized spacial score (nSPS) is 14.2. The van der Waals surface area contributed by atoms with Crippen molar-refractivity contribution in [3.8, 4) is 0 Å². The van der Waals surface area contributed by atoms with Gasteiger partial charge in [0.2, 0.25) is 0 Å². The third kappa shape index (κ3) is 4.00. The van der Waals surface area contributed by atoms with Gasteiger partial charge in [0.05, 0.1) is 19.2 Å². The van der Waals surface area contributed by atoms with Crippen LogP contribution in [0.25, 0.3) is 5.65 Å². The average molecular weight is 458 g/mol. The summed E-state index contributed by atoms with van der Waals surface area (Å²) >= 11 is 0. The van der Waals surface area contributed by atoms with Crippen LogP contribution < -0.4 is 5.69 Å². The number of rotatable bonds is 7. The van der Waals surface area contributed by atoms with Crippen LogP contribution in [0.2, 0.25) is 0 Å². The molecule has 0 amide bonds. The van der Waals surface area contributed by atoms with E-state index >= 15 is 0 Å². The highest BCUT2D eigenvalue weighted by Crippen LogP contribution is 2.36. The zero-order chi connectivity index (χ0) is 23.8. The highest BCUT2D eigenvalue weighted by Gasteiger charge is 2.41. The van der Waals surface area contributed by atoms with Crippen LogP contribution >= 0.6 is 0 Å². The van der Waals surface area contributed by atoms with Gasteiger partial charge in [0.25, 0.3) is 0 Å². The van der Waals surface area contributed by atoms with Crippen molar-refractivity contribution in [2.75, 3.05) is 6.61 Å². The molecule has 1 aromatic carbocycles. The van der Waals surface area contributed by atoms with Gasteiger partial charge in [-0.3, -0.25) is 8.97 Å². The molecule has 0 fully saturated rings. The molecule has 0 spiro atoms. The zero-order valence-electron chi connectivity index (χ0n) is 17.7. The summed E-state index contributed by atoms with van der Waals surface area (Å²) in [5, 5.41) is 15.7. The molecule has 2 unspecified atom stereocenters. The van der Waals surface area contributed by atoms with Gasteiger partial charge in [0.15, 0.2) is 5.69 Å². The zero-order valence-corrected chi connectivity index (χ0v) is 17.7. The lowest BCUT2D eigenvalue weighted by Gasteiger charge is -2.35. The van der Waals surface area contributed by atoms with Crippen LogP contribution in [0.3, 0.4) is 0 Å². The van der Waals surface area contributed by atoms with Crippen LogP contribution in [-0.4, -0.2) is 46.4 Å². The summed E-state index contributed by atoms with van der Waals surface area (Å²) in [6.07, 6.45) is 5.17. The molecule has 4 rings (SSSR count). The molecule has 0 radical (unpaired) electrons. The molecular formula is C21H20F2N6O4. The van der Waals surface area contributed by atoms with Crippen molar-refractivity contribution in [2.24, 2.45) is 0 Å². The summed E-state index contributed by atoms with van der Waals surface area (Å²) in [6.45, 7) is 3.02. The first-order chi connectivity index (χ1) is 15.7. The molecule has 0 saturated carbocycles. The summed E-state index contributed by atoms with van der Waals surface area (Å²) in [6, 6.07) is 3.20. The van der Waals surface area contributed by atoms with E-state index in [4.69, 9.17) is 4.74 Å². The standard InChI is InChI=1S/C21H20F2N6O4/c1-3-33-19(30)17-9-29-18(26-17)6-7-28(20(29)31)13(2)21(32,10-27-12-24-11-25-27)15-5-4-14(22)8-16(15)23/h4-9,11-13,32H,3,10H2,1-2H3. The monoisotopic (exact) mass is 458 g/mol. The smallest absolute Gasteiger partial charge is 0.358 e. The Morgan fingerprint density at radius 3 is 2.76 bits per heavy atom. The van der Waals surface area contributed by atoms with Crippen LogP contribution in [0, 0.1) is 11.6 Å². The van der Waals surface area contributed by atoms with Crippen molar-refractivity contribution < 1.29 is 23.4 Å². The maximum absolute atomic E-state index is 14.8. The second kappa shape index (κ2) is 8.54. The lowest BCUT2D eigenvalue weighted by atomic mass is 9.86. The third-order valence-corrected chi connectivity index (χ3v) is 5.40. The number of nitrogens with zero attached hydrogens (tertiary/aromatic N) is 6. The summed E-state index contributed by atoms with van der Waals surface area (Å²) < 4.78 is 36.8. The molecule has 4 aromatic rings. The molecule has 0 bridgehead atoms.